The van der Waals surface area contributed by atoms with Gasteiger partial charge in [-0.15, -0.1) is 0 Å². The first-order chi connectivity index (χ1) is 9.05. The van der Waals surface area contributed by atoms with Crippen molar-refractivity contribution in [3.05, 3.63) is 0 Å². The van der Waals surface area contributed by atoms with Crippen molar-refractivity contribution in [1.29, 1.82) is 0 Å². The van der Waals surface area contributed by atoms with E-state index in [1.807, 2.05) is 6.92 Å². The van der Waals surface area contributed by atoms with E-state index in [9.17, 15) is 14.7 Å². The van der Waals surface area contributed by atoms with E-state index >= 15 is 0 Å². The average molecular weight is 270 g/mol. The molecule has 2 bridgehead atoms. The fourth-order valence-corrected chi connectivity index (χ4v) is 3.19. The highest BCUT2D eigenvalue weighted by Gasteiger charge is 2.52. The Morgan fingerprint density at radius 2 is 2.00 bits per heavy atom. The molecule has 0 aliphatic heterocycles. The number of ether oxygens (including phenoxy) is 2. The summed E-state index contributed by atoms with van der Waals surface area (Å²) in [5, 5.41) is 9.34. The van der Waals surface area contributed by atoms with Crippen molar-refractivity contribution in [1.82, 2.24) is 0 Å². The fourth-order valence-electron chi connectivity index (χ4n) is 3.19. The van der Waals surface area contributed by atoms with Crippen molar-refractivity contribution in [2.75, 3.05) is 6.61 Å². The van der Waals surface area contributed by atoms with Gasteiger partial charge in [0.25, 0.3) is 6.47 Å². The van der Waals surface area contributed by atoms with Gasteiger partial charge in [0.2, 0.25) is 0 Å². The molecule has 5 atom stereocenters. The summed E-state index contributed by atoms with van der Waals surface area (Å²) < 4.78 is 10.7. The van der Waals surface area contributed by atoms with E-state index < -0.39 is 11.4 Å². The molecule has 0 saturated heterocycles. The van der Waals surface area contributed by atoms with Crippen molar-refractivity contribution in [3.8, 4) is 0 Å². The Morgan fingerprint density at radius 3 is 2.53 bits per heavy atom. The smallest absolute Gasteiger partial charge is 0.314 e. The highest BCUT2D eigenvalue weighted by Crippen LogP contribution is 2.47. The molecule has 0 aromatic heterocycles. The molecule has 5 unspecified atom stereocenters. The second kappa shape index (κ2) is 5.49. The number of hydrogen-bond donors (Lipinski definition) is 1. The molecule has 108 valence electrons. The van der Waals surface area contributed by atoms with E-state index in [2.05, 4.69) is 0 Å². The molecule has 0 spiro atoms. The molecule has 0 heterocycles. The Balaban J connectivity index is 2.05. The second-order valence-electron chi connectivity index (χ2n) is 5.97. The standard InChI is InChI=1S/C14H22O5/c1-3-14(2,7-15)13(17)19-12-10-5-4-9(6-10)11(12)18-8-16/h8-12,15H,3-7H2,1-2H3. The number of hydrogen-bond acceptors (Lipinski definition) is 5. The minimum Gasteiger partial charge on any atom is -0.460 e. The third-order valence-corrected chi connectivity index (χ3v) is 4.84. The van der Waals surface area contributed by atoms with Gasteiger partial charge >= 0.3 is 5.97 Å². The summed E-state index contributed by atoms with van der Waals surface area (Å²) in [6.07, 6.45) is 2.88. The Kier molecular flexibility index (Phi) is 4.13. The highest BCUT2D eigenvalue weighted by molar-refractivity contribution is 5.76. The van der Waals surface area contributed by atoms with Gasteiger partial charge in [0, 0.05) is 11.8 Å². The molecule has 2 fully saturated rings. The van der Waals surface area contributed by atoms with Gasteiger partial charge in [-0.2, -0.15) is 0 Å². The van der Waals surface area contributed by atoms with Crippen LogP contribution in [0.5, 0.6) is 0 Å². The maximum Gasteiger partial charge on any atom is 0.314 e. The zero-order valence-corrected chi connectivity index (χ0v) is 11.5. The Bertz CT molecular complexity index is 350. The maximum atomic E-state index is 12.2. The number of rotatable bonds is 6. The van der Waals surface area contributed by atoms with E-state index in [0.29, 0.717) is 24.7 Å². The summed E-state index contributed by atoms with van der Waals surface area (Å²) >= 11 is 0. The van der Waals surface area contributed by atoms with E-state index in [1.54, 1.807) is 6.92 Å². The molecule has 0 amide bonds. The van der Waals surface area contributed by atoms with Gasteiger partial charge in [-0.1, -0.05) is 6.92 Å². The topological polar surface area (TPSA) is 72.8 Å². The molecule has 2 saturated carbocycles. The van der Waals surface area contributed by atoms with Crippen LogP contribution in [-0.4, -0.2) is 36.4 Å². The van der Waals surface area contributed by atoms with Crippen molar-refractivity contribution < 1.29 is 24.2 Å². The first kappa shape index (κ1) is 14.3. The quantitative estimate of drug-likeness (QED) is 0.581. The van der Waals surface area contributed by atoms with Gasteiger partial charge in [0.1, 0.15) is 12.2 Å². The lowest BCUT2D eigenvalue weighted by Gasteiger charge is -2.32. The predicted molar refractivity (Wildman–Crippen MR) is 67.1 cm³/mol. The molecule has 1 N–H and O–H groups in total. The van der Waals surface area contributed by atoms with Gasteiger partial charge in [-0.3, -0.25) is 9.59 Å². The van der Waals surface area contributed by atoms with Crippen LogP contribution in [0.1, 0.15) is 39.5 Å². The van der Waals surface area contributed by atoms with Crippen molar-refractivity contribution in [3.63, 3.8) is 0 Å². The maximum absolute atomic E-state index is 12.2. The molecular weight excluding hydrogens is 248 g/mol. The fraction of sp³-hybridized carbons (Fsp3) is 0.857. The Hall–Kier alpha value is -1.10. The molecule has 0 aromatic rings. The van der Waals surface area contributed by atoms with Gasteiger partial charge in [0.15, 0.2) is 0 Å². The molecule has 5 heteroatoms. The second-order valence-corrected chi connectivity index (χ2v) is 5.97. The highest BCUT2D eigenvalue weighted by atomic mass is 16.6. The minimum absolute atomic E-state index is 0.234. The van der Waals surface area contributed by atoms with Gasteiger partial charge in [-0.05, 0) is 32.6 Å². The van der Waals surface area contributed by atoms with Gasteiger partial charge in [-0.25, -0.2) is 0 Å². The van der Waals surface area contributed by atoms with Crippen LogP contribution >= 0.6 is 0 Å². The van der Waals surface area contributed by atoms with Crippen molar-refractivity contribution in [2.45, 2.75) is 51.7 Å². The number of esters is 1. The van der Waals surface area contributed by atoms with Crippen LogP contribution in [0.3, 0.4) is 0 Å². The van der Waals surface area contributed by atoms with Crippen LogP contribution in [0, 0.1) is 17.3 Å². The molecule has 0 radical (unpaired) electrons. The number of fused-ring (bicyclic) bond motifs is 2. The molecule has 2 aliphatic rings. The molecule has 2 aliphatic carbocycles. The first-order valence-electron chi connectivity index (χ1n) is 6.96. The Labute approximate surface area is 113 Å². The third kappa shape index (κ3) is 2.48. The zero-order chi connectivity index (χ0) is 14.0. The van der Waals surface area contributed by atoms with E-state index in [-0.39, 0.29) is 18.8 Å². The number of aliphatic hydroxyl groups excluding tert-OH is 1. The normalized spacial score (nSPS) is 35.7. The van der Waals surface area contributed by atoms with Crippen LogP contribution in [0.4, 0.5) is 0 Å². The number of carbonyl (C=O) groups excluding carboxylic acids is 2. The summed E-state index contributed by atoms with van der Waals surface area (Å²) in [5.74, 6) is 0.211. The van der Waals surface area contributed by atoms with E-state index in [4.69, 9.17) is 9.47 Å². The van der Waals surface area contributed by atoms with Crippen LogP contribution < -0.4 is 0 Å². The summed E-state index contributed by atoms with van der Waals surface area (Å²) in [6, 6.07) is 0. The minimum atomic E-state index is -0.867. The summed E-state index contributed by atoms with van der Waals surface area (Å²) in [5.41, 5.74) is -0.867. The lowest BCUT2D eigenvalue weighted by molar-refractivity contribution is -0.177. The summed E-state index contributed by atoms with van der Waals surface area (Å²) in [7, 11) is 0. The SMILES string of the molecule is CCC(C)(CO)C(=O)OC1C2CCC(C2)C1OC=O. The van der Waals surface area contributed by atoms with Gasteiger partial charge < -0.3 is 14.6 Å². The molecule has 5 nitrogen and oxygen atoms in total. The van der Waals surface area contributed by atoms with Crippen LogP contribution in [0.25, 0.3) is 0 Å². The first-order valence-corrected chi connectivity index (χ1v) is 6.96. The van der Waals surface area contributed by atoms with Crippen LogP contribution in [-0.2, 0) is 19.1 Å². The lowest BCUT2D eigenvalue weighted by atomic mass is 9.88. The molecule has 2 rings (SSSR count). The van der Waals surface area contributed by atoms with Crippen molar-refractivity contribution >= 4 is 12.4 Å². The van der Waals surface area contributed by atoms with Crippen molar-refractivity contribution in [2.24, 2.45) is 17.3 Å². The number of aliphatic hydroxyl groups is 1. The largest absolute Gasteiger partial charge is 0.460 e. The van der Waals surface area contributed by atoms with E-state index in [0.717, 1.165) is 19.3 Å². The predicted octanol–water partition coefficient (Wildman–Crippen LogP) is 1.28. The Morgan fingerprint density at radius 1 is 1.37 bits per heavy atom. The van der Waals surface area contributed by atoms with Crippen LogP contribution in [0.15, 0.2) is 0 Å². The molecule has 0 aromatic carbocycles. The number of carbonyl (C=O) groups is 2. The average Bonchev–Trinajstić information content (AvgIpc) is 3.01. The summed E-state index contributed by atoms with van der Waals surface area (Å²) in [4.78, 5) is 22.8. The van der Waals surface area contributed by atoms with E-state index in [1.165, 1.54) is 0 Å². The molecular formula is C14H22O5. The monoisotopic (exact) mass is 270 g/mol. The molecule has 19 heavy (non-hydrogen) atoms. The van der Waals surface area contributed by atoms with Gasteiger partial charge in [0.05, 0.1) is 12.0 Å². The third-order valence-electron chi connectivity index (χ3n) is 4.84. The summed E-state index contributed by atoms with van der Waals surface area (Å²) in [6.45, 7) is 3.75. The van der Waals surface area contributed by atoms with Crippen LogP contribution in [0.2, 0.25) is 0 Å². The lowest BCUT2D eigenvalue weighted by Crippen LogP contribution is -2.43. The zero-order valence-electron chi connectivity index (χ0n) is 11.5.